The molecule has 0 bridgehead atoms. The van der Waals surface area contributed by atoms with Gasteiger partial charge in [-0.1, -0.05) is 18.2 Å². The number of nitrogens with one attached hydrogen (secondary N) is 1. The summed E-state index contributed by atoms with van der Waals surface area (Å²) in [5.74, 6) is 0.0271. The molecule has 0 saturated carbocycles. The van der Waals surface area contributed by atoms with Gasteiger partial charge in [-0.2, -0.15) is 5.10 Å². The molecule has 1 aromatic carbocycles. The van der Waals surface area contributed by atoms with Crippen molar-refractivity contribution >= 4 is 16.8 Å². The number of hydrogen-bond donors (Lipinski definition) is 1. The van der Waals surface area contributed by atoms with E-state index in [1.165, 1.54) is 12.8 Å². The van der Waals surface area contributed by atoms with Crippen LogP contribution in [0.1, 0.15) is 23.3 Å². The number of aromatic amines is 1. The number of hydrogen-bond acceptors (Lipinski definition) is 4. The summed E-state index contributed by atoms with van der Waals surface area (Å²) in [6.07, 6.45) is 2.72. The smallest absolute Gasteiger partial charge is 0.275 e. The summed E-state index contributed by atoms with van der Waals surface area (Å²) in [6, 6.07) is 7.77. The zero-order valence-electron chi connectivity index (χ0n) is 13.2. The molecule has 2 aromatic rings. The first-order valence-corrected chi connectivity index (χ1v) is 8.37. The molecule has 3 heterocycles. The molecule has 1 aromatic heterocycles. The minimum Gasteiger partial charge on any atom is -0.377 e. The van der Waals surface area contributed by atoms with Crippen LogP contribution in [0.15, 0.2) is 24.3 Å². The second-order valence-electron chi connectivity index (χ2n) is 6.35. The van der Waals surface area contributed by atoms with E-state index in [0.29, 0.717) is 11.8 Å². The van der Waals surface area contributed by atoms with Gasteiger partial charge in [0, 0.05) is 44.7 Å². The zero-order valence-corrected chi connectivity index (χ0v) is 13.2. The summed E-state index contributed by atoms with van der Waals surface area (Å²) >= 11 is 0. The maximum Gasteiger partial charge on any atom is 0.275 e. The first-order chi connectivity index (χ1) is 11.3. The normalized spacial score (nSPS) is 22.8. The van der Waals surface area contributed by atoms with Crippen molar-refractivity contribution in [3.63, 3.8) is 0 Å². The lowest BCUT2D eigenvalue weighted by Gasteiger charge is -2.35. The van der Waals surface area contributed by atoms with Crippen LogP contribution in [0.5, 0.6) is 0 Å². The SMILES string of the molecule is O=C(c1n[nH]c2ccccc12)N1CCN(CC2CCCO2)CC1. The number of para-hydroxylation sites is 1. The molecular weight excluding hydrogens is 292 g/mol. The third-order valence-corrected chi connectivity index (χ3v) is 4.82. The molecule has 1 atom stereocenters. The van der Waals surface area contributed by atoms with Crippen molar-refractivity contribution in [3.05, 3.63) is 30.0 Å². The fourth-order valence-corrected chi connectivity index (χ4v) is 3.49. The molecule has 2 aliphatic rings. The molecule has 1 N–H and O–H groups in total. The van der Waals surface area contributed by atoms with Crippen molar-refractivity contribution < 1.29 is 9.53 Å². The third-order valence-electron chi connectivity index (χ3n) is 4.82. The lowest BCUT2D eigenvalue weighted by atomic mass is 10.1. The number of ether oxygens (including phenoxy) is 1. The molecule has 1 unspecified atom stereocenters. The van der Waals surface area contributed by atoms with Gasteiger partial charge in [-0.3, -0.25) is 14.8 Å². The Morgan fingerprint density at radius 2 is 2.09 bits per heavy atom. The van der Waals surface area contributed by atoms with Gasteiger partial charge in [0.05, 0.1) is 11.6 Å². The lowest BCUT2D eigenvalue weighted by Crippen LogP contribution is -2.50. The van der Waals surface area contributed by atoms with Gasteiger partial charge in [0.15, 0.2) is 5.69 Å². The predicted molar refractivity (Wildman–Crippen MR) is 87.4 cm³/mol. The Balaban J connectivity index is 1.39. The van der Waals surface area contributed by atoms with E-state index in [-0.39, 0.29) is 5.91 Å². The Morgan fingerprint density at radius 1 is 1.26 bits per heavy atom. The first kappa shape index (κ1) is 14.7. The number of carbonyl (C=O) groups excluding carboxylic acids is 1. The number of piperazine rings is 1. The van der Waals surface area contributed by atoms with Crippen LogP contribution in [0.25, 0.3) is 10.9 Å². The quantitative estimate of drug-likeness (QED) is 0.932. The van der Waals surface area contributed by atoms with Crippen LogP contribution >= 0.6 is 0 Å². The monoisotopic (exact) mass is 314 g/mol. The van der Waals surface area contributed by atoms with Crippen molar-refractivity contribution in [1.29, 1.82) is 0 Å². The molecule has 0 aliphatic carbocycles. The van der Waals surface area contributed by atoms with Crippen LogP contribution in [-0.4, -0.2) is 71.3 Å². The number of nitrogens with zero attached hydrogens (tertiary/aromatic N) is 3. The van der Waals surface area contributed by atoms with E-state index in [1.807, 2.05) is 29.2 Å². The molecule has 2 aliphatic heterocycles. The Hall–Kier alpha value is -1.92. The van der Waals surface area contributed by atoms with Crippen LogP contribution in [0, 0.1) is 0 Å². The molecule has 122 valence electrons. The molecule has 1 amide bonds. The second kappa shape index (κ2) is 6.29. The molecule has 6 heteroatoms. The highest BCUT2D eigenvalue weighted by molar-refractivity contribution is 6.04. The Labute approximate surface area is 135 Å². The molecule has 0 radical (unpaired) electrons. The number of carbonyl (C=O) groups is 1. The molecule has 4 rings (SSSR count). The summed E-state index contributed by atoms with van der Waals surface area (Å²) in [6.45, 7) is 5.23. The highest BCUT2D eigenvalue weighted by Crippen LogP contribution is 2.18. The van der Waals surface area contributed by atoms with Gasteiger partial charge in [0.1, 0.15) is 0 Å². The van der Waals surface area contributed by atoms with Gasteiger partial charge >= 0.3 is 0 Å². The van der Waals surface area contributed by atoms with Crippen LogP contribution in [-0.2, 0) is 4.74 Å². The third kappa shape index (κ3) is 2.96. The fraction of sp³-hybridized carbons (Fsp3) is 0.529. The Bertz CT molecular complexity index is 685. The van der Waals surface area contributed by atoms with Crippen molar-refractivity contribution in [2.45, 2.75) is 18.9 Å². The van der Waals surface area contributed by atoms with Gasteiger partial charge in [-0.05, 0) is 18.9 Å². The van der Waals surface area contributed by atoms with Crippen LogP contribution < -0.4 is 0 Å². The summed E-state index contributed by atoms with van der Waals surface area (Å²) in [4.78, 5) is 17.0. The summed E-state index contributed by atoms with van der Waals surface area (Å²) in [7, 11) is 0. The topological polar surface area (TPSA) is 61.5 Å². The molecule has 2 fully saturated rings. The average molecular weight is 314 g/mol. The van der Waals surface area contributed by atoms with E-state index in [4.69, 9.17) is 4.74 Å². The van der Waals surface area contributed by atoms with Gasteiger partial charge in [-0.15, -0.1) is 0 Å². The highest BCUT2D eigenvalue weighted by Gasteiger charge is 2.27. The Morgan fingerprint density at radius 3 is 2.87 bits per heavy atom. The summed E-state index contributed by atoms with van der Waals surface area (Å²) in [5, 5.41) is 8.07. The predicted octanol–water partition coefficient (Wildman–Crippen LogP) is 1.50. The highest BCUT2D eigenvalue weighted by atomic mass is 16.5. The number of H-pyrrole nitrogens is 1. The van der Waals surface area contributed by atoms with Crippen molar-refractivity contribution in [3.8, 4) is 0 Å². The van der Waals surface area contributed by atoms with E-state index < -0.39 is 0 Å². The molecule has 2 saturated heterocycles. The molecular formula is C17H22N4O2. The van der Waals surface area contributed by atoms with Crippen molar-refractivity contribution in [1.82, 2.24) is 20.0 Å². The van der Waals surface area contributed by atoms with Gasteiger partial charge in [-0.25, -0.2) is 0 Å². The number of aromatic nitrogens is 2. The van der Waals surface area contributed by atoms with Crippen molar-refractivity contribution in [2.75, 3.05) is 39.3 Å². The van der Waals surface area contributed by atoms with E-state index in [1.54, 1.807) is 0 Å². The van der Waals surface area contributed by atoms with Crippen LogP contribution in [0.2, 0.25) is 0 Å². The van der Waals surface area contributed by atoms with Gasteiger partial charge in [0.2, 0.25) is 0 Å². The molecule has 23 heavy (non-hydrogen) atoms. The minimum atomic E-state index is 0.0271. The number of rotatable bonds is 3. The number of amides is 1. The lowest BCUT2D eigenvalue weighted by molar-refractivity contribution is 0.0431. The van der Waals surface area contributed by atoms with Gasteiger partial charge < -0.3 is 9.64 Å². The minimum absolute atomic E-state index is 0.0271. The van der Waals surface area contributed by atoms with E-state index in [2.05, 4.69) is 15.1 Å². The molecule has 6 nitrogen and oxygen atoms in total. The zero-order chi connectivity index (χ0) is 15.6. The van der Waals surface area contributed by atoms with E-state index >= 15 is 0 Å². The second-order valence-corrected chi connectivity index (χ2v) is 6.35. The first-order valence-electron chi connectivity index (χ1n) is 8.37. The number of fused-ring (bicyclic) bond motifs is 1. The number of benzene rings is 1. The summed E-state index contributed by atoms with van der Waals surface area (Å²) < 4.78 is 5.70. The van der Waals surface area contributed by atoms with Crippen molar-refractivity contribution in [2.24, 2.45) is 0 Å². The standard InChI is InChI=1S/C17H22N4O2/c22-17(16-14-5-1-2-6-15(14)18-19-16)21-9-7-20(8-10-21)12-13-4-3-11-23-13/h1-2,5-6,13H,3-4,7-12H2,(H,18,19). The Kier molecular flexibility index (Phi) is 4.01. The van der Waals surface area contributed by atoms with Crippen LogP contribution in [0.4, 0.5) is 0 Å². The fourth-order valence-electron chi connectivity index (χ4n) is 3.49. The van der Waals surface area contributed by atoms with Gasteiger partial charge in [0.25, 0.3) is 5.91 Å². The maximum absolute atomic E-state index is 12.7. The average Bonchev–Trinajstić information content (AvgIpc) is 3.24. The summed E-state index contributed by atoms with van der Waals surface area (Å²) in [5.41, 5.74) is 1.45. The van der Waals surface area contributed by atoms with E-state index in [9.17, 15) is 4.79 Å². The largest absolute Gasteiger partial charge is 0.377 e. The van der Waals surface area contributed by atoms with Crippen LogP contribution in [0.3, 0.4) is 0 Å². The maximum atomic E-state index is 12.7. The van der Waals surface area contributed by atoms with E-state index in [0.717, 1.165) is 50.2 Å². The molecule has 0 spiro atoms.